The van der Waals surface area contributed by atoms with Crippen LogP contribution in [-0.4, -0.2) is 34.5 Å². The molecular formula is C18H18FN3O2S. The number of ether oxygens (including phenoxy) is 1. The van der Waals surface area contributed by atoms with Crippen molar-refractivity contribution in [3.05, 3.63) is 47.4 Å². The van der Waals surface area contributed by atoms with E-state index in [0.29, 0.717) is 13.0 Å². The summed E-state index contributed by atoms with van der Waals surface area (Å²) in [4.78, 5) is 17.6. The normalized spacial score (nSPS) is 17.2. The molecule has 1 saturated heterocycles. The topological polar surface area (TPSA) is 55.6 Å². The van der Waals surface area contributed by atoms with Gasteiger partial charge in [0.25, 0.3) is 0 Å². The van der Waals surface area contributed by atoms with E-state index in [2.05, 4.69) is 10.3 Å². The first-order valence-corrected chi connectivity index (χ1v) is 9.17. The van der Waals surface area contributed by atoms with Crippen LogP contribution in [0.1, 0.15) is 18.5 Å². The molecule has 130 valence electrons. The van der Waals surface area contributed by atoms with E-state index in [1.807, 2.05) is 16.0 Å². The van der Waals surface area contributed by atoms with E-state index >= 15 is 0 Å². The minimum absolute atomic E-state index is 0.0211. The lowest BCUT2D eigenvalue weighted by Gasteiger charge is -2.10. The number of hydrogen-bond donors (Lipinski definition) is 1. The van der Waals surface area contributed by atoms with Crippen molar-refractivity contribution >= 4 is 22.2 Å². The third kappa shape index (κ3) is 3.57. The minimum Gasteiger partial charge on any atom is -0.376 e. The summed E-state index contributed by atoms with van der Waals surface area (Å²) < 4.78 is 20.5. The monoisotopic (exact) mass is 359 g/mol. The predicted molar refractivity (Wildman–Crippen MR) is 94.2 cm³/mol. The van der Waals surface area contributed by atoms with Crippen molar-refractivity contribution in [2.45, 2.75) is 25.4 Å². The molecule has 25 heavy (non-hydrogen) atoms. The third-order valence-electron chi connectivity index (χ3n) is 4.32. The molecule has 3 heterocycles. The SMILES string of the molecule is O=C(Cc1csc2nc(-c3ccc(F)cc3)cn12)NCC1CCCO1. The number of imidazole rings is 1. The molecule has 7 heteroatoms. The molecule has 1 atom stereocenters. The maximum atomic E-state index is 13.1. The molecule has 0 spiro atoms. The summed E-state index contributed by atoms with van der Waals surface area (Å²) in [7, 11) is 0. The molecule has 1 N–H and O–H groups in total. The highest BCUT2D eigenvalue weighted by Gasteiger charge is 2.17. The summed E-state index contributed by atoms with van der Waals surface area (Å²) in [6, 6.07) is 6.25. The molecule has 2 aromatic heterocycles. The smallest absolute Gasteiger partial charge is 0.226 e. The first-order valence-electron chi connectivity index (χ1n) is 8.29. The fourth-order valence-corrected chi connectivity index (χ4v) is 3.85. The van der Waals surface area contributed by atoms with Crippen molar-refractivity contribution in [3.8, 4) is 11.3 Å². The number of hydrogen-bond acceptors (Lipinski definition) is 4. The van der Waals surface area contributed by atoms with Gasteiger partial charge in [0.2, 0.25) is 5.91 Å². The van der Waals surface area contributed by atoms with Crippen molar-refractivity contribution in [2.75, 3.05) is 13.2 Å². The quantitative estimate of drug-likeness (QED) is 0.762. The molecule has 0 radical (unpaired) electrons. The van der Waals surface area contributed by atoms with Crippen LogP contribution in [0.5, 0.6) is 0 Å². The maximum Gasteiger partial charge on any atom is 0.226 e. The van der Waals surface area contributed by atoms with Crippen LogP contribution in [0, 0.1) is 5.82 Å². The molecule has 4 rings (SSSR count). The van der Waals surface area contributed by atoms with Crippen LogP contribution in [0.2, 0.25) is 0 Å². The van der Waals surface area contributed by atoms with E-state index in [9.17, 15) is 9.18 Å². The van der Waals surface area contributed by atoms with Crippen LogP contribution in [0.15, 0.2) is 35.8 Å². The Morgan fingerprint density at radius 3 is 3.00 bits per heavy atom. The van der Waals surface area contributed by atoms with Gasteiger partial charge >= 0.3 is 0 Å². The van der Waals surface area contributed by atoms with Crippen LogP contribution in [0.4, 0.5) is 4.39 Å². The molecule has 1 aromatic carbocycles. The van der Waals surface area contributed by atoms with Crippen molar-refractivity contribution < 1.29 is 13.9 Å². The summed E-state index contributed by atoms with van der Waals surface area (Å²) in [5, 5.41) is 4.88. The van der Waals surface area contributed by atoms with Crippen molar-refractivity contribution in [1.29, 1.82) is 0 Å². The van der Waals surface area contributed by atoms with Gasteiger partial charge in [0.1, 0.15) is 5.82 Å². The molecular weight excluding hydrogens is 341 g/mol. The summed E-state index contributed by atoms with van der Waals surface area (Å²) in [6.07, 6.45) is 4.40. The lowest BCUT2D eigenvalue weighted by atomic mass is 10.2. The van der Waals surface area contributed by atoms with Gasteiger partial charge in [0.05, 0.1) is 18.2 Å². The Morgan fingerprint density at radius 2 is 2.24 bits per heavy atom. The molecule has 0 saturated carbocycles. The van der Waals surface area contributed by atoms with Gasteiger partial charge in [-0.1, -0.05) is 0 Å². The van der Waals surface area contributed by atoms with Crippen molar-refractivity contribution in [2.24, 2.45) is 0 Å². The molecule has 3 aromatic rings. The Hall–Kier alpha value is -2.25. The van der Waals surface area contributed by atoms with E-state index < -0.39 is 0 Å². The Bertz CT molecular complexity index is 882. The number of nitrogens with zero attached hydrogens (tertiary/aromatic N) is 2. The predicted octanol–water partition coefficient (Wildman–Crippen LogP) is 3.04. The van der Waals surface area contributed by atoms with Gasteiger partial charge in [0.15, 0.2) is 4.96 Å². The first-order chi connectivity index (χ1) is 12.2. The Labute approximate surface area is 148 Å². The van der Waals surface area contributed by atoms with Crippen molar-refractivity contribution in [3.63, 3.8) is 0 Å². The van der Waals surface area contributed by atoms with Crippen LogP contribution < -0.4 is 5.32 Å². The van der Waals surface area contributed by atoms with E-state index in [1.54, 1.807) is 12.1 Å². The second kappa shape index (κ2) is 6.93. The minimum atomic E-state index is -0.270. The highest BCUT2D eigenvalue weighted by atomic mass is 32.1. The zero-order chi connectivity index (χ0) is 17.2. The number of benzene rings is 1. The highest BCUT2D eigenvalue weighted by molar-refractivity contribution is 7.15. The third-order valence-corrected chi connectivity index (χ3v) is 5.20. The number of thiazole rings is 1. The summed E-state index contributed by atoms with van der Waals surface area (Å²) in [5.74, 6) is -0.291. The fourth-order valence-electron chi connectivity index (χ4n) is 2.98. The lowest BCUT2D eigenvalue weighted by molar-refractivity contribution is -0.121. The molecule has 1 fully saturated rings. The maximum absolute atomic E-state index is 13.1. The number of amides is 1. The molecule has 0 aliphatic carbocycles. The van der Waals surface area contributed by atoms with Gasteiger partial charge in [0, 0.05) is 36.0 Å². The fraction of sp³-hybridized carbons (Fsp3) is 0.333. The Kier molecular flexibility index (Phi) is 4.50. The molecule has 1 aliphatic heterocycles. The Morgan fingerprint density at radius 1 is 1.40 bits per heavy atom. The zero-order valence-corrected chi connectivity index (χ0v) is 14.4. The van der Waals surface area contributed by atoms with Crippen LogP contribution in [-0.2, 0) is 16.0 Å². The molecule has 1 amide bonds. The second-order valence-electron chi connectivity index (χ2n) is 6.13. The van der Waals surface area contributed by atoms with Crippen LogP contribution in [0.25, 0.3) is 16.2 Å². The average Bonchev–Trinajstić information content (AvgIpc) is 3.32. The average molecular weight is 359 g/mol. The van der Waals surface area contributed by atoms with E-state index in [-0.39, 0.29) is 17.8 Å². The zero-order valence-electron chi connectivity index (χ0n) is 13.6. The number of aromatic nitrogens is 2. The van der Waals surface area contributed by atoms with Crippen LogP contribution >= 0.6 is 11.3 Å². The summed E-state index contributed by atoms with van der Waals surface area (Å²) in [6.45, 7) is 1.35. The number of carbonyl (C=O) groups is 1. The Balaban J connectivity index is 1.46. The first kappa shape index (κ1) is 16.2. The molecule has 5 nitrogen and oxygen atoms in total. The van der Waals surface area contributed by atoms with E-state index in [1.165, 1.54) is 23.5 Å². The van der Waals surface area contributed by atoms with Gasteiger partial charge in [-0.25, -0.2) is 9.37 Å². The molecule has 1 unspecified atom stereocenters. The van der Waals surface area contributed by atoms with E-state index in [0.717, 1.165) is 41.4 Å². The van der Waals surface area contributed by atoms with Gasteiger partial charge in [-0.05, 0) is 37.1 Å². The number of halogens is 1. The number of rotatable bonds is 5. The summed E-state index contributed by atoms with van der Waals surface area (Å²) in [5.41, 5.74) is 2.52. The van der Waals surface area contributed by atoms with Gasteiger partial charge < -0.3 is 10.1 Å². The number of carbonyl (C=O) groups excluding carboxylic acids is 1. The number of fused-ring (bicyclic) bond motifs is 1. The summed E-state index contributed by atoms with van der Waals surface area (Å²) >= 11 is 1.49. The number of nitrogens with one attached hydrogen (secondary N) is 1. The molecule has 1 aliphatic rings. The molecule has 0 bridgehead atoms. The standard InChI is InChI=1S/C18H18FN3O2S/c19-13-5-3-12(4-6-13)16-10-22-14(11-25-18(22)21-16)8-17(23)20-9-15-2-1-7-24-15/h3-6,10-11,15H,1-2,7-9H2,(H,20,23). The largest absolute Gasteiger partial charge is 0.376 e. The second-order valence-corrected chi connectivity index (χ2v) is 6.97. The van der Waals surface area contributed by atoms with Gasteiger partial charge in [-0.3, -0.25) is 9.20 Å². The van der Waals surface area contributed by atoms with Crippen LogP contribution in [0.3, 0.4) is 0 Å². The van der Waals surface area contributed by atoms with Crippen molar-refractivity contribution in [1.82, 2.24) is 14.7 Å². The highest BCUT2D eigenvalue weighted by Crippen LogP contribution is 2.24. The van der Waals surface area contributed by atoms with Gasteiger partial charge in [-0.15, -0.1) is 11.3 Å². The van der Waals surface area contributed by atoms with E-state index in [4.69, 9.17) is 4.74 Å². The van der Waals surface area contributed by atoms with Gasteiger partial charge in [-0.2, -0.15) is 0 Å². The lowest BCUT2D eigenvalue weighted by Crippen LogP contribution is -2.32.